The monoisotopic (exact) mass is 226 g/mol. The van der Waals surface area contributed by atoms with Crippen molar-refractivity contribution in [3.8, 4) is 0 Å². The van der Waals surface area contributed by atoms with Crippen LogP contribution in [0.5, 0.6) is 0 Å². The lowest BCUT2D eigenvalue weighted by atomic mass is 10.1. The topological polar surface area (TPSA) is 72.2 Å². The van der Waals surface area contributed by atoms with E-state index in [4.69, 9.17) is 17.3 Å². The fourth-order valence-corrected chi connectivity index (χ4v) is 1.39. The number of halogens is 1. The summed E-state index contributed by atoms with van der Waals surface area (Å²) in [5.41, 5.74) is 6.20. The number of benzene rings is 1. The molecule has 3 N–H and O–H groups in total. The Labute approximate surface area is 92.4 Å². The van der Waals surface area contributed by atoms with Gasteiger partial charge >= 0.3 is 0 Å². The van der Waals surface area contributed by atoms with E-state index in [-0.39, 0.29) is 6.54 Å². The minimum atomic E-state index is -0.591. The van der Waals surface area contributed by atoms with E-state index in [2.05, 4.69) is 5.32 Å². The lowest BCUT2D eigenvalue weighted by Gasteiger charge is -2.05. The Balaban J connectivity index is 2.78. The van der Waals surface area contributed by atoms with Gasteiger partial charge in [-0.1, -0.05) is 17.7 Å². The lowest BCUT2D eigenvalue weighted by molar-refractivity contribution is -0.117. The highest BCUT2D eigenvalue weighted by Gasteiger charge is 2.10. The molecule has 0 atom stereocenters. The number of nitrogens with two attached hydrogens (primary N) is 1. The highest BCUT2D eigenvalue weighted by atomic mass is 35.5. The van der Waals surface area contributed by atoms with Crippen LogP contribution in [0, 0.1) is 6.92 Å². The number of hydrogen-bond donors (Lipinski definition) is 2. The normalized spacial score (nSPS) is 9.73. The maximum Gasteiger partial charge on any atom is 0.253 e. The van der Waals surface area contributed by atoms with Crippen LogP contribution in [0.25, 0.3) is 0 Å². The van der Waals surface area contributed by atoms with E-state index in [0.29, 0.717) is 10.6 Å². The van der Waals surface area contributed by atoms with E-state index >= 15 is 0 Å². The van der Waals surface area contributed by atoms with Crippen molar-refractivity contribution < 1.29 is 9.59 Å². The number of aryl methyl sites for hydroxylation is 1. The molecule has 0 saturated heterocycles. The molecule has 2 amide bonds. The van der Waals surface area contributed by atoms with Gasteiger partial charge in [0.2, 0.25) is 5.91 Å². The Morgan fingerprint density at radius 2 is 2.13 bits per heavy atom. The van der Waals surface area contributed by atoms with Crippen molar-refractivity contribution >= 4 is 23.4 Å². The summed E-state index contributed by atoms with van der Waals surface area (Å²) in [5, 5.41) is 2.72. The van der Waals surface area contributed by atoms with Crippen LogP contribution in [0.2, 0.25) is 5.02 Å². The Kier molecular flexibility index (Phi) is 3.68. The van der Waals surface area contributed by atoms with Gasteiger partial charge in [0.25, 0.3) is 5.91 Å². The number of carbonyl (C=O) groups excluding carboxylic acids is 2. The quantitative estimate of drug-likeness (QED) is 0.803. The summed E-state index contributed by atoms with van der Waals surface area (Å²) in [5.74, 6) is -0.995. The largest absolute Gasteiger partial charge is 0.368 e. The molecule has 0 aliphatic heterocycles. The maximum atomic E-state index is 11.5. The van der Waals surface area contributed by atoms with Gasteiger partial charge in [0, 0.05) is 0 Å². The molecule has 0 bridgehead atoms. The Morgan fingerprint density at radius 1 is 1.47 bits per heavy atom. The van der Waals surface area contributed by atoms with Gasteiger partial charge in [0.05, 0.1) is 17.1 Å². The van der Waals surface area contributed by atoms with E-state index in [9.17, 15) is 9.59 Å². The van der Waals surface area contributed by atoms with Crippen LogP contribution in [0.3, 0.4) is 0 Å². The first kappa shape index (κ1) is 11.5. The van der Waals surface area contributed by atoms with Crippen molar-refractivity contribution in [3.63, 3.8) is 0 Å². The van der Waals surface area contributed by atoms with E-state index in [0.717, 1.165) is 5.56 Å². The zero-order valence-corrected chi connectivity index (χ0v) is 8.97. The second-order valence-electron chi connectivity index (χ2n) is 3.13. The average Bonchev–Trinajstić information content (AvgIpc) is 2.14. The molecule has 1 rings (SSSR count). The molecule has 0 spiro atoms. The Hall–Kier alpha value is -1.55. The number of primary amides is 1. The number of nitrogens with one attached hydrogen (secondary N) is 1. The summed E-state index contributed by atoms with van der Waals surface area (Å²) in [6, 6.07) is 5.06. The molecular weight excluding hydrogens is 216 g/mol. The molecule has 0 aromatic heterocycles. The van der Waals surface area contributed by atoms with Crippen molar-refractivity contribution in [2.45, 2.75) is 6.92 Å². The van der Waals surface area contributed by atoms with E-state index in [1.54, 1.807) is 18.2 Å². The first-order chi connectivity index (χ1) is 7.00. The van der Waals surface area contributed by atoms with Crippen LogP contribution in [-0.4, -0.2) is 18.4 Å². The number of carbonyl (C=O) groups is 2. The van der Waals surface area contributed by atoms with Crippen LogP contribution in [0.15, 0.2) is 18.2 Å². The second-order valence-corrected chi connectivity index (χ2v) is 3.54. The van der Waals surface area contributed by atoms with E-state index in [1.807, 2.05) is 6.92 Å². The molecule has 4 nitrogen and oxygen atoms in total. The maximum absolute atomic E-state index is 11.5. The van der Waals surface area contributed by atoms with Gasteiger partial charge in [-0.05, 0) is 24.6 Å². The first-order valence-electron chi connectivity index (χ1n) is 4.33. The van der Waals surface area contributed by atoms with E-state index < -0.39 is 11.8 Å². The van der Waals surface area contributed by atoms with Gasteiger partial charge in [0.1, 0.15) is 0 Å². The second kappa shape index (κ2) is 4.79. The minimum Gasteiger partial charge on any atom is -0.368 e. The third-order valence-electron chi connectivity index (χ3n) is 1.79. The predicted octanol–water partition coefficient (Wildman–Crippen LogP) is 0.864. The highest BCUT2D eigenvalue weighted by molar-refractivity contribution is 6.33. The zero-order chi connectivity index (χ0) is 11.4. The molecule has 80 valence electrons. The summed E-state index contributed by atoms with van der Waals surface area (Å²) in [6.45, 7) is 1.68. The van der Waals surface area contributed by atoms with Gasteiger partial charge in [0.15, 0.2) is 0 Å². The van der Waals surface area contributed by atoms with E-state index in [1.165, 1.54) is 0 Å². The summed E-state index contributed by atoms with van der Waals surface area (Å²) in [4.78, 5) is 21.9. The van der Waals surface area contributed by atoms with Crippen LogP contribution >= 0.6 is 11.6 Å². The Morgan fingerprint density at radius 3 is 2.67 bits per heavy atom. The standard InChI is InChI=1S/C10H11ClN2O2/c1-6-2-3-7(8(11)4-6)10(15)13-5-9(12)14/h2-4H,5H2,1H3,(H2,12,14)(H,13,15). The fourth-order valence-electron chi connectivity index (χ4n) is 1.07. The Bertz CT molecular complexity index is 404. The van der Waals surface area contributed by atoms with Gasteiger partial charge in [-0.3, -0.25) is 9.59 Å². The molecule has 1 aromatic carbocycles. The summed E-state index contributed by atoms with van der Waals surface area (Å²) in [6.07, 6.45) is 0. The van der Waals surface area contributed by atoms with Crippen LogP contribution < -0.4 is 11.1 Å². The molecule has 0 fully saturated rings. The van der Waals surface area contributed by atoms with Gasteiger partial charge in [-0.15, -0.1) is 0 Å². The molecule has 1 aromatic rings. The first-order valence-corrected chi connectivity index (χ1v) is 4.71. The lowest BCUT2D eigenvalue weighted by Crippen LogP contribution is -2.33. The molecule has 0 radical (unpaired) electrons. The number of amides is 2. The van der Waals surface area contributed by atoms with Crippen LogP contribution in [0.1, 0.15) is 15.9 Å². The van der Waals surface area contributed by atoms with Gasteiger partial charge in [-0.2, -0.15) is 0 Å². The van der Waals surface area contributed by atoms with Crippen LogP contribution in [-0.2, 0) is 4.79 Å². The number of hydrogen-bond acceptors (Lipinski definition) is 2. The highest BCUT2D eigenvalue weighted by Crippen LogP contribution is 2.17. The molecule has 0 unspecified atom stereocenters. The van der Waals surface area contributed by atoms with Crippen molar-refractivity contribution in [1.82, 2.24) is 5.32 Å². The average molecular weight is 227 g/mol. The molecule has 0 aliphatic rings. The third kappa shape index (κ3) is 3.25. The molecule has 0 aliphatic carbocycles. The molecular formula is C10H11ClN2O2. The fraction of sp³-hybridized carbons (Fsp3) is 0.200. The molecule has 0 heterocycles. The van der Waals surface area contributed by atoms with Crippen LogP contribution in [0.4, 0.5) is 0 Å². The predicted molar refractivity (Wildman–Crippen MR) is 57.7 cm³/mol. The third-order valence-corrected chi connectivity index (χ3v) is 2.11. The minimum absolute atomic E-state index is 0.191. The number of rotatable bonds is 3. The summed E-state index contributed by atoms with van der Waals surface area (Å²) < 4.78 is 0. The van der Waals surface area contributed by atoms with Gasteiger partial charge in [-0.25, -0.2) is 0 Å². The van der Waals surface area contributed by atoms with Gasteiger partial charge < -0.3 is 11.1 Å². The molecule has 0 saturated carbocycles. The molecule has 15 heavy (non-hydrogen) atoms. The molecule has 5 heteroatoms. The summed E-state index contributed by atoms with van der Waals surface area (Å²) >= 11 is 5.86. The van der Waals surface area contributed by atoms with Crippen molar-refractivity contribution in [3.05, 3.63) is 34.3 Å². The van der Waals surface area contributed by atoms with Crippen molar-refractivity contribution in [1.29, 1.82) is 0 Å². The SMILES string of the molecule is Cc1ccc(C(=O)NCC(N)=O)c(Cl)c1. The van der Waals surface area contributed by atoms with Crippen molar-refractivity contribution in [2.75, 3.05) is 6.54 Å². The van der Waals surface area contributed by atoms with Crippen molar-refractivity contribution in [2.24, 2.45) is 5.73 Å². The smallest absolute Gasteiger partial charge is 0.253 e. The summed E-state index contributed by atoms with van der Waals surface area (Å²) in [7, 11) is 0. The zero-order valence-electron chi connectivity index (χ0n) is 8.21.